The normalized spacial score (nSPS) is 18.6. The van der Waals surface area contributed by atoms with Gasteiger partial charge in [0, 0.05) is 25.7 Å². The van der Waals surface area contributed by atoms with E-state index < -0.39 is 16.1 Å². The Morgan fingerprint density at radius 1 is 1.06 bits per heavy atom. The lowest BCUT2D eigenvalue weighted by Crippen LogP contribution is -2.60. The Morgan fingerprint density at radius 3 is 2.26 bits per heavy atom. The molecule has 8 heteroatoms. The lowest BCUT2D eigenvalue weighted by atomic mass is 10.0. The SMILES string of the molecule is CN[C@H](COCc1ccccc1)C(=O)N1CCN(S(C)(=O)=O)C[C@H]1Cc1ccccc1. The minimum Gasteiger partial charge on any atom is -0.375 e. The highest BCUT2D eigenvalue weighted by atomic mass is 32.2. The molecule has 1 amide bonds. The molecular formula is C23H31N3O4S. The maximum Gasteiger partial charge on any atom is 0.242 e. The van der Waals surface area contributed by atoms with E-state index in [0.717, 1.165) is 11.1 Å². The number of ether oxygens (including phenoxy) is 1. The summed E-state index contributed by atoms with van der Waals surface area (Å²) < 4.78 is 31.5. The highest BCUT2D eigenvalue weighted by Crippen LogP contribution is 2.18. The van der Waals surface area contributed by atoms with Crippen LogP contribution >= 0.6 is 0 Å². The number of sulfonamides is 1. The predicted octanol–water partition coefficient (Wildman–Crippen LogP) is 1.51. The highest BCUT2D eigenvalue weighted by Gasteiger charge is 2.36. The third-order valence-corrected chi connectivity index (χ3v) is 6.82. The third-order valence-electron chi connectivity index (χ3n) is 5.55. The van der Waals surface area contributed by atoms with E-state index in [-0.39, 0.29) is 18.6 Å². The van der Waals surface area contributed by atoms with E-state index in [1.807, 2.05) is 65.6 Å². The van der Waals surface area contributed by atoms with Gasteiger partial charge in [0.2, 0.25) is 15.9 Å². The van der Waals surface area contributed by atoms with Gasteiger partial charge in [0.25, 0.3) is 0 Å². The monoisotopic (exact) mass is 445 g/mol. The maximum absolute atomic E-state index is 13.3. The molecule has 0 saturated carbocycles. The molecular weight excluding hydrogens is 414 g/mol. The lowest BCUT2D eigenvalue weighted by molar-refractivity contribution is -0.139. The minimum absolute atomic E-state index is 0.0651. The van der Waals surface area contributed by atoms with Crippen molar-refractivity contribution in [2.75, 3.05) is 39.5 Å². The summed E-state index contributed by atoms with van der Waals surface area (Å²) in [5.74, 6) is -0.0651. The first-order chi connectivity index (χ1) is 14.9. The number of benzene rings is 2. The molecule has 168 valence electrons. The van der Waals surface area contributed by atoms with Gasteiger partial charge >= 0.3 is 0 Å². The molecule has 1 heterocycles. The number of carbonyl (C=O) groups excluding carboxylic acids is 1. The van der Waals surface area contributed by atoms with Crippen molar-refractivity contribution in [2.24, 2.45) is 0 Å². The van der Waals surface area contributed by atoms with Crippen molar-refractivity contribution in [1.29, 1.82) is 0 Å². The van der Waals surface area contributed by atoms with Crippen LogP contribution in [0.5, 0.6) is 0 Å². The molecule has 0 unspecified atom stereocenters. The Kier molecular flexibility index (Phi) is 8.20. The summed E-state index contributed by atoms with van der Waals surface area (Å²) in [6, 6.07) is 18.9. The largest absolute Gasteiger partial charge is 0.375 e. The molecule has 2 aromatic carbocycles. The zero-order valence-electron chi connectivity index (χ0n) is 18.1. The van der Waals surface area contributed by atoms with Gasteiger partial charge in [0.15, 0.2) is 0 Å². The van der Waals surface area contributed by atoms with Crippen LogP contribution in [0, 0.1) is 0 Å². The predicted molar refractivity (Wildman–Crippen MR) is 121 cm³/mol. The molecule has 2 aromatic rings. The number of rotatable bonds is 9. The summed E-state index contributed by atoms with van der Waals surface area (Å²) in [4.78, 5) is 15.2. The number of hydrogen-bond donors (Lipinski definition) is 1. The highest BCUT2D eigenvalue weighted by molar-refractivity contribution is 7.88. The molecule has 0 radical (unpaired) electrons. The summed E-state index contributed by atoms with van der Waals surface area (Å²) in [5.41, 5.74) is 2.12. The fraction of sp³-hybridized carbons (Fsp3) is 0.435. The van der Waals surface area contributed by atoms with E-state index >= 15 is 0 Å². The van der Waals surface area contributed by atoms with Gasteiger partial charge < -0.3 is 15.0 Å². The van der Waals surface area contributed by atoms with Gasteiger partial charge in [-0.15, -0.1) is 0 Å². The van der Waals surface area contributed by atoms with Crippen LogP contribution in [0.25, 0.3) is 0 Å². The Labute approximate surface area is 185 Å². The maximum atomic E-state index is 13.3. The van der Waals surface area contributed by atoms with E-state index in [2.05, 4.69) is 5.32 Å². The number of amides is 1. The molecule has 0 aliphatic carbocycles. The van der Waals surface area contributed by atoms with Gasteiger partial charge in [0.1, 0.15) is 6.04 Å². The van der Waals surface area contributed by atoms with Crippen LogP contribution in [0.1, 0.15) is 11.1 Å². The summed E-state index contributed by atoms with van der Waals surface area (Å²) >= 11 is 0. The smallest absolute Gasteiger partial charge is 0.242 e. The number of piperazine rings is 1. The molecule has 0 aromatic heterocycles. The molecule has 0 spiro atoms. The number of nitrogens with one attached hydrogen (secondary N) is 1. The van der Waals surface area contributed by atoms with Crippen molar-refractivity contribution in [2.45, 2.75) is 25.1 Å². The molecule has 2 atom stereocenters. The van der Waals surface area contributed by atoms with Gasteiger partial charge in [-0.25, -0.2) is 8.42 Å². The molecule has 1 saturated heterocycles. The number of likely N-dealkylation sites (N-methyl/N-ethyl adjacent to an activating group) is 1. The Balaban J connectivity index is 1.68. The van der Waals surface area contributed by atoms with Gasteiger partial charge in [-0.1, -0.05) is 60.7 Å². The fourth-order valence-electron chi connectivity index (χ4n) is 3.83. The van der Waals surface area contributed by atoms with E-state index in [4.69, 9.17) is 4.74 Å². The average Bonchev–Trinajstić information content (AvgIpc) is 2.77. The lowest BCUT2D eigenvalue weighted by Gasteiger charge is -2.42. The van der Waals surface area contributed by atoms with Crippen molar-refractivity contribution in [3.8, 4) is 0 Å². The molecule has 1 aliphatic heterocycles. The second kappa shape index (κ2) is 10.9. The van der Waals surface area contributed by atoms with E-state index in [9.17, 15) is 13.2 Å². The summed E-state index contributed by atoms with van der Waals surface area (Å²) in [6.07, 6.45) is 1.82. The summed E-state index contributed by atoms with van der Waals surface area (Å²) in [5, 5.41) is 3.06. The molecule has 31 heavy (non-hydrogen) atoms. The molecule has 1 N–H and O–H groups in total. The van der Waals surface area contributed by atoms with Gasteiger partial charge in [-0.3, -0.25) is 4.79 Å². The van der Waals surface area contributed by atoms with Gasteiger partial charge in [0.05, 0.1) is 19.5 Å². The molecule has 7 nitrogen and oxygen atoms in total. The Morgan fingerprint density at radius 2 is 1.68 bits per heavy atom. The zero-order valence-corrected chi connectivity index (χ0v) is 18.9. The molecule has 0 bridgehead atoms. The van der Waals surface area contributed by atoms with Crippen LogP contribution in [-0.2, 0) is 32.6 Å². The van der Waals surface area contributed by atoms with E-state index in [0.29, 0.717) is 32.7 Å². The molecule has 1 aliphatic rings. The third kappa shape index (κ3) is 6.61. The first-order valence-corrected chi connectivity index (χ1v) is 12.3. The quantitative estimate of drug-likeness (QED) is 0.633. The molecule has 3 rings (SSSR count). The van der Waals surface area contributed by atoms with E-state index in [1.165, 1.54) is 10.6 Å². The van der Waals surface area contributed by atoms with Crippen molar-refractivity contribution in [3.63, 3.8) is 0 Å². The first-order valence-electron chi connectivity index (χ1n) is 10.5. The van der Waals surface area contributed by atoms with E-state index in [1.54, 1.807) is 7.05 Å². The van der Waals surface area contributed by atoms with Crippen molar-refractivity contribution in [3.05, 3.63) is 71.8 Å². The fourth-order valence-corrected chi connectivity index (χ4v) is 4.68. The zero-order chi connectivity index (χ0) is 22.3. The molecule has 1 fully saturated rings. The van der Waals surface area contributed by atoms with Crippen molar-refractivity contribution < 1.29 is 17.9 Å². The van der Waals surface area contributed by atoms with Crippen molar-refractivity contribution in [1.82, 2.24) is 14.5 Å². The second-order valence-corrected chi connectivity index (χ2v) is 9.82. The first kappa shape index (κ1) is 23.4. The second-order valence-electron chi connectivity index (χ2n) is 7.84. The number of hydrogen-bond acceptors (Lipinski definition) is 5. The van der Waals surface area contributed by atoms with Crippen molar-refractivity contribution >= 4 is 15.9 Å². The Bertz CT molecular complexity index is 938. The van der Waals surface area contributed by atoms with Crippen LogP contribution in [0.3, 0.4) is 0 Å². The number of carbonyl (C=O) groups is 1. The van der Waals surface area contributed by atoms with Crippen LogP contribution in [0.15, 0.2) is 60.7 Å². The van der Waals surface area contributed by atoms with Crippen LogP contribution < -0.4 is 5.32 Å². The van der Waals surface area contributed by atoms with Gasteiger partial charge in [-0.05, 0) is 24.6 Å². The standard InChI is InChI=1S/C23H31N3O4S/c1-24-22(18-30-17-20-11-7-4-8-12-20)23(27)26-14-13-25(31(2,28)29)16-21(26)15-19-9-5-3-6-10-19/h3-12,21-22,24H,13-18H2,1-2H3/t21-,22-/m1/s1. The minimum atomic E-state index is -3.32. The Hall–Kier alpha value is -2.26. The summed E-state index contributed by atoms with van der Waals surface area (Å²) in [7, 11) is -1.57. The van der Waals surface area contributed by atoms with Gasteiger partial charge in [-0.2, -0.15) is 4.31 Å². The number of nitrogens with zero attached hydrogens (tertiary/aromatic N) is 2. The topological polar surface area (TPSA) is 79.0 Å². The average molecular weight is 446 g/mol. The van der Waals surface area contributed by atoms with Crippen LogP contribution in [0.4, 0.5) is 0 Å². The summed E-state index contributed by atoms with van der Waals surface area (Å²) in [6.45, 7) is 1.63. The van der Waals surface area contributed by atoms with Crippen LogP contribution in [0.2, 0.25) is 0 Å². The van der Waals surface area contributed by atoms with Crippen LogP contribution in [-0.4, -0.2) is 75.2 Å².